The van der Waals surface area contributed by atoms with Crippen LogP contribution < -0.4 is 11.1 Å². The molecule has 0 bridgehead atoms. The molecule has 0 radical (unpaired) electrons. The summed E-state index contributed by atoms with van der Waals surface area (Å²) in [5.41, 5.74) is 6.81. The minimum absolute atomic E-state index is 0.0521. The van der Waals surface area contributed by atoms with Crippen molar-refractivity contribution in [3.05, 3.63) is 95.3 Å². The lowest BCUT2D eigenvalue weighted by Crippen LogP contribution is -2.26. The molecule has 3 aromatic rings. The van der Waals surface area contributed by atoms with Crippen LogP contribution in [-0.2, 0) is 9.53 Å². The Bertz CT molecular complexity index is 1100. The molecule has 0 aliphatic carbocycles. The van der Waals surface area contributed by atoms with Crippen LogP contribution >= 0.6 is 0 Å². The molecule has 3 rings (SSSR count). The second-order valence-corrected chi connectivity index (χ2v) is 6.55. The van der Waals surface area contributed by atoms with Crippen molar-refractivity contribution in [1.29, 1.82) is 0 Å². The zero-order valence-corrected chi connectivity index (χ0v) is 16.1. The average Bonchev–Trinajstić information content (AvgIpc) is 2.72. The number of halogens is 1. The number of carbonyl (C=O) groups excluding carboxylic acids is 3. The maximum atomic E-state index is 13.3. The third-order valence-electron chi connectivity index (χ3n) is 4.34. The van der Waals surface area contributed by atoms with E-state index in [1.807, 2.05) is 0 Å². The van der Waals surface area contributed by atoms with Crippen molar-refractivity contribution in [2.24, 2.45) is 0 Å². The number of ether oxygens (including phenoxy) is 1. The largest absolute Gasteiger partial charge is 0.444 e. The van der Waals surface area contributed by atoms with Crippen LogP contribution in [0, 0.1) is 5.82 Å². The standard InChI is InChI=1S/C23H19FN2O4/c1-14(27)16-8-5-9-18(12-16)26-22(28)21(15-6-3-2-4-7-15)30-23(29)19-11-10-17(24)13-20(19)25/h2-13,21H,25H2,1H3,(H,26,28)/t21-/m0/s1. The predicted octanol–water partition coefficient (Wildman–Crippen LogP) is 4.15. The van der Waals surface area contributed by atoms with Crippen LogP contribution in [0.15, 0.2) is 72.8 Å². The molecule has 1 amide bonds. The molecule has 0 aromatic heterocycles. The third-order valence-corrected chi connectivity index (χ3v) is 4.34. The maximum Gasteiger partial charge on any atom is 0.341 e. The Morgan fingerprint density at radius 1 is 0.967 bits per heavy atom. The SMILES string of the molecule is CC(=O)c1cccc(NC(=O)[C@@H](OC(=O)c2ccc(F)cc2N)c2ccccc2)c1. The molecule has 0 aliphatic rings. The maximum absolute atomic E-state index is 13.3. The Morgan fingerprint density at radius 2 is 1.70 bits per heavy atom. The zero-order chi connectivity index (χ0) is 21.7. The second kappa shape index (κ2) is 9.00. The number of amides is 1. The molecule has 0 fully saturated rings. The van der Waals surface area contributed by atoms with Crippen molar-refractivity contribution in [2.75, 3.05) is 11.1 Å². The molecule has 0 spiro atoms. The minimum Gasteiger partial charge on any atom is -0.444 e. The van der Waals surface area contributed by atoms with Crippen LogP contribution in [0.3, 0.4) is 0 Å². The third kappa shape index (κ3) is 4.88. The molecule has 3 N–H and O–H groups in total. The van der Waals surface area contributed by atoms with Gasteiger partial charge in [0.2, 0.25) is 6.10 Å². The number of hydrogen-bond donors (Lipinski definition) is 2. The Morgan fingerprint density at radius 3 is 2.37 bits per heavy atom. The van der Waals surface area contributed by atoms with Gasteiger partial charge < -0.3 is 15.8 Å². The van der Waals surface area contributed by atoms with Gasteiger partial charge in [-0.1, -0.05) is 42.5 Å². The van der Waals surface area contributed by atoms with Gasteiger partial charge in [0.1, 0.15) is 5.82 Å². The van der Waals surface area contributed by atoms with E-state index in [1.165, 1.54) is 19.1 Å². The monoisotopic (exact) mass is 406 g/mol. The number of nitrogens with one attached hydrogen (secondary N) is 1. The molecular formula is C23H19FN2O4. The summed E-state index contributed by atoms with van der Waals surface area (Å²) in [7, 11) is 0. The van der Waals surface area contributed by atoms with E-state index in [0.29, 0.717) is 16.8 Å². The highest BCUT2D eigenvalue weighted by atomic mass is 19.1. The number of anilines is 2. The van der Waals surface area contributed by atoms with Gasteiger partial charge in [0.15, 0.2) is 5.78 Å². The first-order chi connectivity index (χ1) is 14.3. The van der Waals surface area contributed by atoms with E-state index >= 15 is 0 Å². The summed E-state index contributed by atoms with van der Waals surface area (Å²) >= 11 is 0. The van der Waals surface area contributed by atoms with Crippen molar-refractivity contribution in [3.63, 3.8) is 0 Å². The number of esters is 1. The Labute approximate surface area is 172 Å². The number of nitrogens with two attached hydrogens (primary N) is 1. The lowest BCUT2D eigenvalue weighted by Gasteiger charge is -2.19. The number of rotatable bonds is 6. The quantitative estimate of drug-likeness (QED) is 0.364. The highest BCUT2D eigenvalue weighted by Crippen LogP contribution is 2.24. The highest BCUT2D eigenvalue weighted by Gasteiger charge is 2.27. The summed E-state index contributed by atoms with van der Waals surface area (Å²) in [4.78, 5) is 37.1. The van der Waals surface area contributed by atoms with Crippen LogP contribution in [-0.4, -0.2) is 17.7 Å². The van der Waals surface area contributed by atoms with Gasteiger partial charge in [0.25, 0.3) is 5.91 Å². The predicted molar refractivity (Wildman–Crippen MR) is 110 cm³/mol. The van der Waals surface area contributed by atoms with E-state index in [2.05, 4.69) is 5.32 Å². The van der Waals surface area contributed by atoms with Gasteiger partial charge in [-0.3, -0.25) is 9.59 Å². The Balaban J connectivity index is 1.87. The summed E-state index contributed by atoms with van der Waals surface area (Å²) < 4.78 is 18.7. The first-order valence-electron chi connectivity index (χ1n) is 9.08. The van der Waals surface area contributed by atoms with Crippen molar-refractivity contribution < 1.29 is 23.5 Å². The van der Waals surface area contributed by atoms with Gasteiger partial charge >= 0.3 is 5.97 Å². The minimum atomic E-state index is -1.29. The molecule has 1 atom stereocenters. The molecule has 3 aromatic carbocycles. The molecule has 0 saturated carbocycles. The Hall–Kier alpha value is -4.00. The van der Waals surface area contributed by atoms with Crippen molar-refractivity contribution in [2.45, 2.75) is 13.0 Å². The first-order valence-corrected chi connectivity index (χ1v) is 9.08. The van der Waals surface area contributed by atoms with E-state index in [0.717, 1.165) is 12.1 Å². The number of nitrogen functional groups attached to an aromatic ring is 1. The van der Waals surface area contributed by atoms with E-state index in [-0.39, 0.29) is 17.0 Å². The summed E-state index contributed by atoms with van der Waals surface area (Å²) in [6, 6.07) is 18.1. The van der Waals surface area contributed by atoms with Gasteiger partial charge in [-0.25, -0.2) is 9.18 Å². The molecule has 0 heterocycles. The van der Waals surface area contributed by atoms with Gasteiger partial charge in [0, 0.05) is 22.5 Å². The van der Waals surface area contributed by atoms with Crippen LogP contribution in [0.4, 0.5) is 15.8 Å². The fourth-order valence-electron chi connectivity index (χ4n) is 2.81. The number of carbonyl (C=O) groups is 3. The second-order valence-electron chi connectivity index (χ2n) is 6.55. The fraction of sp³-hybridized carbons (Fsp3) is 0.0870. The number of benzene rings is 3. The summed E-state index contributed by atoms with van der Waals surface area (Å²) in [5.74, 6) is -2.22. The van der Waals surface area contributed by atoms with E-state index in [1.54, 1.807) is 48.5 Å². The lowest BCUT2D eigenvalue weighted by molar-refractivity contribution is -0.125. The Kier molecular flexibility index (Phi) is 6.22. The van der Waals surface area contributed by atoms with E-state index < -0.39 is 23.8 Å². The lowest BCUT2D eigenvalue weighted by atomic mass is 10.1. The smallest absolute Gasteiger partial charge is 0.341 e. The van der Waals surface area contributed by atoms with Crippen LogP contribution in [0.5, 0.6) is 0 Å². The molecule has 152 valence electrons. The molecule has 6 nitrogen and oxygen atoms in total. The van der Waals surface area contributed by atoms with Gasteiger partial charge in [-0.2, -0.15) is 0 Å². The van der Waals surface area contributed by atoms with Crippen LogP contribution in [0.1, 0.15) is 39.3 Å². The first kappa shape index (κ1) is 20.7. The fourth-order valence-corrected chi connectivity index (χ4v) is 2.81. The van der Waals surface area contributed by atoms with Crippen molar-refractivity contribution >= 4 is 29.0 Å². The summed E-state index contributed by atoms with van der Waals surface area (Å²) in [5, 5.41) is 2.66. The molecule has 0 saturated heterocycles. The molecule has 30 heavy (non-hydrogen) atoms. The molecular weight excluding hydrogens is 387 g/mol. The van der Waals surface area contributed by atoms with Crippen molar-refractivity contribution in [3.8, 4) is 0 Å². The van der Waals surface area contributed by atoms with Crippen LogP contribution in [0.25, 0.3) is 0 Å². The summed E-state index contributed by atoms with van der Waals surface area (Å²) in [6.07, 6.45) is -1.29. The molecule has 0 unspecified atom stereocenters. The highest BCUT2D eigenvalue weighted by molar-refractivity contribution is 6.01. The number of Topliss-reactive ketones (excluding diaryl/α,β-unsaturated/α-hetero) is 1. The summed E-state index contributed by atoms with van der Waals surface area (Å²) in [6.45, 7) is 1.42. The van der Waals surface area contributed by atoms with E-state index in [4.69, 9.17) is 10.5 Å². The average molecular weight is 406 g/mol. The van der Waals surface area contributed by atoms with Gasteiger partial charge in [0.05, 0.1) is 5.56 Å². The van der Waals surface area contributed by atoms with Gasteiger partial charge in [-0.05, 0) is 37.3 Å². The number of ketones is 1. The van der Waals surface area contributed by atoms with Gasteiger partial charge in [-0.15, -0.1) is 0 Å². The number of hydrogen-bond acceptors (Lipinski definition) is 5. The molecule has 7 heteroatoms. The van der Waals surface area contributed by atoms with E-state index in [9.17, 15) is 18.8 Å². The topological polar surface area (TPSA) is 98.5 Å². The zero-order valence-electron chi connectivity index (χ0n) is 16.1. The van der Waals surface area contributed by atoms with Crippen molar-refractivity contribution in [1.82, 2.24) is 0 Å². The normalized spacial score (nSPS) is 11.4. The molecule has 0 aliphatic heterocycles. The van der Waals surface area contributed by atoms with Crippen LogP contribution in [0.2, 0.25) is 0 Å².